The summed E-state index contributed by atoms with van der Waals surface area (Å²) in [5.41, 5.74) is 0. The fourth-order valence-electron chi connectivity index (χ4n) is 1.62. The van der Waals surface area contributed by atoms with Crippen molar-refractivity contribution in [2.75, 3.05) is 48.8 Å². The van der Waals surface area contributed by atoms with E-state index in [2.05, 4.69) is 62.9 Å². The Balaban J connectivity index is 5.26. The van der Waals surface area contributed by atoms with E-state index >= 15 is 0 Å². The smallest absolute Gasteiger partial charge is 0.166 e. The standard InChI is InChI=1S/C9H23N4P/c1-8-9-10-14(11(2)3,12(4)5)13(6)7/h8H,1,9H2,2-7H3. The number of hydrogen-bond acceptors (Lipinski definition) is 1. The maximum absolute atomic E-state index is 4.74. The number of nitrogens with zero attached hydrogens (tertiary/aromatic N) is 4. The molecule has 0 amide bonds. The maximum atomic E-state index is 4.74. The first kappa shape index (κ1) is 13.8. The normalized spacial score (nSPS) is 12.6. The van der Waals surface area contributed by atoms with Crippen molar-refractivity contribution in [3.8, 4) is 0 Å². The van der Waals surface area contributed by atoms with Crippen molar-refractivity contribution in [1.82, 2.24) is 14.0 Å². The van der Waals surface area contributed by atoms with Gasteiger partial charge in [-0.25, -0.2) is 0 Å². The van der Waals surface area contributed by atoms with Gasteiger partial charge >= 0.3 is 0 Å². The Kier molecular flexibility index (Phi) is 5.60. The molecule has 0 spiro atoms. The average molecular weight is 218 g/mol. The second kappa shape index (κ2) is 5.66. The average Bonchev–Trinajstić information content (AvgIpc) is 2.03. The first-order valence-electron chi connectivity index (χ1n) is 4.62. The quantitative estimate of drug-likeness (QED) is 0.519. The van der Waals surface area contributed by atoms with Crippen molar-refractivity contribution in [2.45, 2.75) is 0 Å². The van der Waals surface area contributed by atoms with Gasteiger partial charge in [0.05, 0.1) is 6.54 Å². The Labute approximate surface area is 88.4 Å². The highest BCUT2D eigenvalue weighted by Crippen LogP contribution is 2.54. The van der Waals surface area contributed by atoms with Crippen LogP contribution in [0.1, 0.15) is 0 Å². The lowest BCUT2D eigenvalue weighted by atomic mass is 10.7. The largest absolute Gasteiger partial charge is 0.256 e. The highest BCUT2D eigenvalue weighted by molar-refractivity contribution is 7.59. The van der Waals surface area contributed by atoms with E-state index in [1.807, 2.05) is 6.08 Å². The Morgan fingerprint density at radius 3 is 1.57 bits per heavy atom. The van der Waals surface area contributed by atoms with Crippen molar-refractivity contribution in [3.05, 3.63) is 12.7 Å². The minimum Gasteiger partial charge on any atom is -0.256 e. The molecule has 14 heavy (non-hydrogen) atoms. The third-order valence-electron chi connectivity index (χ3n) is 2.01. The molecule has 0 rings (SSSR count). The van der Waals surface area contributed by atoms with E-state index in [-0.39, 0.29) is 0 Å². The first-order chi connectivity index (χ1) is 6.39. The van der Waals surface area contributed by atoms with Crippen LogP contribution in [0.4, 0.5) is 0 Å². The van der Waals surface area contributed by atoms with Gasteiger partial charge < -0.3 is 0 Å². The van der Waals surface area contributed by atoms with Gasteiger partial charge in [0, 0.05) is 0 Å². The van der Waals surface area contributed by atoms with Gasteiger partial charge in [0.1, 0.15) is 0 Å². The van der Waals surface area contributed by atoms with Crippen LogP contribution >= 0.6 is 7.51 Å². The van der Waals surface area contributed by atoms with Crippen LogP contribution in [0, 0.1) is 0 Å². The van der Waals surface area contributed by atoms with Crippen molar-refractivity contribution in [2.24, 2.45) is 4.74 Å². The van der Waals surface area contributed by atoms with Gasteiger partial charge in [0.15, 0.2) is 7.51 Å². The van der Waals surface area contributed by atoms with Crippen LogP contribution in [0.5, 0.6) is 0 Å². The molecule has 0 aliphatic rings. The summed E-state index contributed by atoms with van der Waals surface area (Å²) in [5.74, 6) is 0. The molecule has 0 aliphatic heterocycles. The molecule has 0 saturated heterocycles. The van der Waals surface area contributed by atoms with Crippen LogP contribution in [0.2, 0.25) is 0 Å². The third-order valence-corrected chi connectivity index (χ3v) is 5.77. The summed E-state index contributed by atoms with van der Waals surface area (Å²) in [6, 6.07) is 0. The van der Waals surface area contributed by atoms with Crippen LogP contribution in [-0.2, 0) is 0 Å². The lowest BCUT2D eigenvalue weighted by molar-refractivity contribution is 0.472. The van der Waals surface area contributed by atoms with E-state index < -0.39 is 7.51 Å². The molecule has 0 saturated carbocycles. The zero-order chi connectivity index (χ0) is 11.4. The summed E-state index contributed by atoms with van der Waals surface area (Å²) in [6.45, 7) is 4.41. The lowest BCUT2D eigenvalue weighted by Crippen LogP contribution is -2.30. The molecular formula is C9H23N4P. The minimum atomic E-state index is -1.67. The van der Waals surface area contributed by atoms with E-state index in [0.29, 0.717) is 6.54 Å². The first-order valence-corrected chi connectivity index (χ1v) is 6.22. The van der Waals surface area contributed by atoms with Crippen molar-refractivity contribution >= 4 is 7.51 Å². The Hall–Kier alpha value is -0.150. The molecule has 5 heteroatoms. The van der Waals surface area contributed by atoms with Gasteiger partial charge in [-0.05, 0) is 42.3 Å². The molecule has 84 valence electrons. The number of hydrogen-bond donors (Lipinski definition) is 0. The summed E-state index contributed by atoms with van der Waals surface area (Å²) >= 11 is 0. The molecule has 0 heterocycles. The van der Waals surface area contributed by atoms with E-state index in [4.69, 9.17) is 4.74 Å². The fourth-order valence-corrected chi connectivity index (χ4v) is 4.86. The topological polar surface area (TPSA) is 22.1 Å². The molecule has 0 aromatic heterocycles. The molecule has 0 radical (unpaired) electrons. The predicted octanol–water partition coefficient (Wildman–Crippen LogP) is 1.80. The van der Waals surface area contributed by atoms with E-state index in [1.54, 1.807) is 0 Å². The van der Waals surface area contributed by atoms with Gasteiger partial charge in [-0.15, -0.1) is 6.58 Å². The Morgan fingerprint density at radius 2 is 1.36 bits per heavy atom. The number of rotatable bonds is 5. The van der Waals surface area contributed by atoms with Gasteiger partial charge in [0.25, 0.3) is 0 Å². The third kappa shape index (κ3) is 2.67. The Morgan fingerprint density at radius 1 is 1.00 bits per heavy atom. The van der Waals surface area contributed by atoms with Gasteiger partial charge in [0.2, 0.25) is 0 Å². The Bertz CT molecular complexity index is 204. The second-order valence-electron chi connectivity index (χ2n) is 3.69. The zero-order valence-electron chi connectivity index (χ0n) is 10.2. The summed E-state index contributed by atoms with van der Waals surface area (Å²) in [4.78, 5) is 0. The SMILES string of the molecule is C=CCN=P(N(C)C)(N(C)C)N(C)C. The summed E-state index contributed by atoms with van der Waals surface area (Å²) < 4.78 is 11.3. The minimum absolute atomic E-state index is 0.697. The fraction of sp³-hybridized carbons (Fsp3) is 0.778. The zero-order valence-corrected chi connectivity index (χ0v) is 11.1. The second-order valence-corrected chi connectivity index (χ2v) is 7.45. The molecule has 0 bridgehead atoms. The lowest BCUT2D eigenvalue weighted by Gasteiger charge is -2.41. The van der Waals surface area contributed by atoms with Crippen LogP contribution < -0.4 is 0 Å². The van der Waals surface area contributed by atoms with Crippen LogP contribution in [-0.4, -0.2) is 62.8 Å². The maximum Gasteiger partial charge on any atom is 0.166 e. The van der Waals surface area contributed by atoms with Crippen LogP contribution in [0.15, 0.2) is 17.4 Å². The van der Waals surface area contributed by atoms with Crippen LogP contribution in [0.3, 0.4) is 0 Å². The van der Waals surface area contributed by atoms with E-state index in [9.17, 15) is 0 Å². The van der Waals surface area contributed by atoms with E-state index in [0.717, 1.165) is 0 Å². The molecule has 0 aromatic rings. The van der Waals surface area contributed by atoms with Crippen molar-refractivity contribution in [3.63, 3.8) is 0 Å². The molecule has 0 unspecified atom stereocenters. The molecule has 0 atom stereocenters. The van der Waals surface area contributed by atoms with Crippen molar-refractivity contribution < 1.29 is 0 Å². The van der Waals surface area contributed by atoms with E-state index in [1.165, 1.54) is 0 Å². The molecular weight excluding hydrogens is 195 g/mol. The van der Waals surface area contributed by atoms with Gasteiger partial charge in [-0.1, -0.05) is 6.08 Å². The summed E-state index contributed by atoms with van der Waals surface area (Å²) in [5, 5.41) is 0. The molecule has 0 aliphatic carbocycles. The monoisotopic (exact) mass is 218 g/mol. The predicted molar refractivity (Wildman–Crippen MR) is 65.5 cm³/mol. The highest BCUT2D eigenvalue weighted by atomic mass is 31.2. The summed E-state index contributed by atoms with van der Waals surface area (Å²) in [6.07, 6.45) is 1.84. The molecule has 0 fully saturated rings. The van der Waals surface area contributed by atoms with Gasteiger partial charge in [-0.3, -0.25) is 18.8 Å². The molecule has 0 aromatic carbocycles. The molecule has 4 nitrogen and oxygen atoms in total. The van der Waals surface area contributed by atoms with Crippen molar-refractivity contribution in [1.29, 1.82) is 0 Å². The van der Waals surface area contributed by atoms with Gasteiger partial charge in [-0.2, -0.15) is 0 Å². The highest BCUT2D eigenvalue weighted by Gasteiger charge is 2.27. The van der Waals surface area contributed by atoms with Crippen LogP contribution in [0.25, 0.3) is 0 Å². The summed E-state index contributed by atoms with van der Waals surface area (Å²) in [7, 11) is 10.7. The molecule has 0 N–H and O–H groups in total.